The average Bonchev–Trinajstić information content (AvgIpc) is 2.95. The van der Waals surface area contributed by atoms with Crippen LogP contribution < -0.4 is 10.5 Å². The fourth-order valence-electron chi connectivity index (χ4n) is 2.08. The number of primary amides is 1. The number of hydrogen-bond acceptors (Lipinski definition) is 5. The largest absolute Gasteiger partial charge is 0.573 e. The highest BCUT2D eigenvalue weighted by Crippen LogP contribution is 2.39. The Bertz CT molecular complexity index is 918. The number of nitrogens with one attached hydrogen (secondary N) is 1. The summed E-state index contributed by atoms with van der Waals surface area (Å²) in [7, 11) is 0. The zero-order valence-corrected chi connectivity index (χ0v) is 13.7. The molecule has 126 valence electrons. The van der Waals surface area contributed by atoms with E-state index < -0.39 is 12.3 Å². The Morgan fingerprint density at radius 3 is 2.83 bits per heavy atom. The van der Waals surface area contributed by atoms with Crippen LogP contribution in [-0.2, 0) is 0 Å². The van der Waals surface area contributed by atoms with Crippen molar-refractivity contribution in [3.63, 3.8) is 0 Å². The van der Waals surface area contributed by atoms with Gasteiger partial charge in [0.25, 0.3) is 5.91 Å². The van der Waals surface area contributed by atoms with Crippen molar-refractivity contribution < 1.29 is 22.7 Å². The van der Waals surface area contributed by atoms with Crippen LogP contribution in [-0.4, -0.2) is 22.2 Å². The fraction of sp³-hybridized carbons (Fsp3) is 0.143. The molecule has 0 saturated heterocycles. The number of nitrogens with two attached hydrogens (primary N) is 1. The Hall–Kier alpha value is -2.20. The third kappa shape index (κ3) is 3.49. The topological polar surface area (TPSA) is 81.0 Å². The summed E-state index contributed by atoms with van der Waals surface area (Å²) in [6.45, 7) is 1.81. The number of benzene rings is 1. The SMILES string of the molecule is Cc1nc2c(Sc3cccc(OC(F)(F)F)c3)c(C(N)=O)[nH]c2s1. The molecule has 1 amide bonds. The third-order valence-corrected chi connectivity index (χ3v) is 4.90. The summed E-state index contributed by atoms with van der Waals surface area (Å²) in [6.07, 6.45) is -4.77. The molecule has 0 spiro atoms. The molecule has 3 aromatic rings. The van der Waals surface area contributed by atoms with E-state index in [4.69, 9.17) is 5.73 Å². The van der Waals surface area contributed by atoms with Crippen molar-refractivity contribution in [1.82, 2.24) is 9.97 Å². The van der Waals surface area contributed by atoms with Gasteiger partial charge >= 0.3 is 6.36 Å². The monoisotopic (exact) mass is 373 g/mol. The summed E-state index contributed by atoms with van der Waals surface area (Å²) in [5, 5.41) is 0.795. The van der Waals surface area contributed by atoms with Gasteiger partial charge in [0, 0.05) is 4.90 Å². The van der Waals surface area contributed by atoms with Crippen LogP contribution in [0.5, 0.6) is 5.75 Å². The van der Waals surface area contributed by atoms with Gasteiger partial charge in [-0.2, -0.15) is 0 Å². The fourth-order valence-corrected chi connectivity index (χ4v) is 4.03. The quantitative estimate of drug-likeness (QED) is 0.722. The molecule has 5 nitrogen and oxygen atoms in total. The van der Waals surface area contributed by atoms with Gasteiger partial charge in [0.05, 0.1) is 9.90 Å². The lowest BCUT2D eigenvalue weighted by molar-refractivity contribution is -0.274. The van der Waals surface area contributed by atoms with Crippen LogP contribution in [0.15, 0.2) is 34.1 Å². The lowest BCUT2D eigenvalue weighted by atomic mass is 10.3. The average molecular weight is 373 g/mol. The number of aromatic nitrogens is 2. The minimum absolute atomic E-state index is 0.177. The van der Waals surface area contributed by atoms with Crippen molar-refractivity contribution in [2.45, 2.75) is 23.1 Å². The summed E-state index contributed by atoms with van der Waals surface area (Å²) in [5.74, 6) is -1.00. The first-order valence-corrected chi connectivity index (χ1v) is 8.19. The third-order valence-electron chi connectivity index (χ3n) is 2.92. The summed E-state index contributed by atoms with van der Waals surface area (Å²) in [6, 6.07) is 5.48. The first-order chi connectivity index (χ1) is 11.2. The van der Waals surface area contributed by atoms with Crippen molar-refractivity contribution in [3.05, 3.63) is 35.0 Å². The number of thiazole rings is 1. The highest BCUT2D eigenvalue weighted by Gasteiger charge is 2.31. The molecule has 0 unspecified atom stereocenters. The van der Waals surface area contributed by atoms with Gasteiger partial charge in [-0.1, -0.05) is 17.8 Å². The van der Waals surface area contributed by atoms with E-state index in [0.717, 1.165) is 16.8 Å². The molecule has 0 bridgehead atoms. The van der Waals surface area contributed by atoms with Gasteiger partial charge in [0.1, 0.15) is 21.8 Å². The highest BCUT2D eigenvalue weighted by molar-refractivity contribution is 7.99. The number of carbonyl (C=O) groups is 1. The minimum atomic E-state index is -4.77. The predicted octanol–water partition coefficient (Wildman–Crippen LogP) is 4.08. The van der Waals surface area contributed by atoms with E-state index in [1.165, 1.54) is 29.5 Å². The molecule has 2 aromatic heterocycles. The van der Waals surface area contributed by atoms with Crippen molar-refractivity contribution in [2.75, 3.05) is 0 Å². The number of alkyl halides is 3. The molecule has 0 aliphatic carbocycles. The van der Waals surface area contributed by atoms with Crippen LogP contribution in [0.2, 0.25) is 0 Å². The Balaban J connectivity index is 1.99. The molecule has 1 aromatic carbocycles. The Morgan fingerprint density at radius 2 is 2.17 bits per heavy atom. The van der Waals surface area contributed by atoms with Gasteiger partial charge in [-0.15, -0.1) is 24.5 Å². The van der Waals surface area contributed by atoms with Gasteiger partial charge < -0.3 is 15.5 Å². The molecule has 0 radical (unpaired) electrons. The van der Waals surface area contributed by atoms with Crippen molar-refractivity contribution in [1.29, 1.82) is 0 Å². The number of aryl methyl sites for hydroxylation is 1. The van der Waals surface area contributed by atoms with Crippen molar-refractivity contribution in [2.24, 2.45) is 5.73 Å². The maximum absolute atomic E-state index is 12.3. The van der Waals surface area contributed by atoms with E-state index in [-0.39, 0.29) is 11.4 Å². The lowest BCUT2D eigenvalue weighted by Gasteiger charge is -2.09. The maximum atomic E-state index is 12.3. The molecule has 0 fully saturated rings. The minimum Gasteiger partial charge on any atom is -0.406 e. The second kappa shape index (κ2) is 6.02. The molecular formula is C14H10F3N3O2S2. The lowest BCUT2D eigenvalue weighted by Crippen LogP contribution is -2.17. The van der Waals surface area contributed by atoms with Gasteiger partial charge in [-0.05, 0) is 25.1 Å². The van der Waals surface area contributed by atoms with E-state index in [0.29, 0.717) is 20.1 Å². The number of nitrogens with zero attached hydrogens (tertiary/aromatic N) is 1. The standard InChI is InChI=1S/C14H10F3N3O2S2/c1-6-19-10-11(9(12(18)21)20-13(10)23-6)24-8-4-2-3-7(5-8)22-14(15,16)17/h2-5,20H,1H3,(H2,18,21). The molecule has 0 atom stereocenters. The van der Waals surface area contributed by atoms with Crippen LogP contribution in [0, 0.1) is 6.92 Å². The molecule has 2 heterocycles. The first kappa shape index (κ1) is 16.7. The molecular weight excluding hydrogens is 363 g/mol. The van der Waals surface area contributed by atoms with Crippen molar-refractivity contribution >= 4 is 39.4 Å². The molecule has 0 saturated carbocycles. The van der Waals surface area contributed by atoms with Crippen LogP contribution in [0.3, 0.4) is 0 Å². The van der Waals surface area contributed by atoms with Crippen LogP contribution in [0.1, 0.15) is 15.5 Å². The van der Waals surface area contributed by atoms with Gasteiger partial charge in [0.15, 0.2) is 0 Å². The predicted molar refractivity (Wildman–Crippen MR) is 84.5 cm³/mol. The zero-order valence-electron chi connectivity index (χ0n) is 12.1. The van der Waals surface area contributed by atoms with Crippen LogP contribution in [0.4, 0.5) is 13.2 Å². The van der Waals surface area contributed by atoms with Gasteiger partial charge in [0.2, 0.25) is 0 Å². The highest BCUT2D eigenvalue weighted by atomic mass is 32.2. The zero-order chi connectivity index (χ0) is 17.5. The smallest absolute Gasteiger partial charge is 0.406 e. The Kier molecular flexibility index (Phi) is 4.18. The van der Waals surface area contributed by atoms with Crippen LogP contribution in [0.25, 0.3) is 10.3 Å². The second-order valence-corrected chi connectivity index (χ2v) is 7.02. The summed E-state index contributed by atoms with van der Waals surface area (Å²) in [5.41, 5.74) is 6.11. The second-order valence-electron chi connectivity index (χ2n) is 4.73. The number of halogens is 3. The van der Waals surface area contributed by atoms with Crippen molar-refractivity contribution in [3.8, 4) is 5.75 Å². The molecule has 3 N–H and O–H groups in total. The number of fused-ring (bicyclic) bond motifs is 1. The molecule has 24 heavy (non-hydrogen) atoms. The Labute approximate surface area is 142 Å². The van der Waals surface area contributed by atoms with Gasteiger partial charge in [-0.25, -0.2) is 4.98 Å². The number of ether oxygens (including phenoxy) is 1. The van der Waals surface area contributed by atoms with Crippen LogP contribution >= 0.6 is 23.1 Å². The summed E-state index contributed by atoms with van der Waals surface area (Å²) >= 11 is 2.46. The molecule has 0 aliphatic heterocycles. The Morgan fingerprint density at radius 1 is 1.42 bits per heavy atom. The number of hydrogen-bond donors (Lipinski definition) is 2. The molecule has 0 aliphatic rings. The van der Waals surface area contributed by atoms with E-state index >= 15 is 0 Å². The summed E-state index contributed by atoms with van der Waals surface area (Å²) < 4.78 is 40.9. The number of H-pyrrole nitrogens is 1. The number of amides is 1. The van der Waals surface area contributed by atoms with Gasteiger partial charge in [-0.3, -0.25) is 4.79 Å². The maximum Gasteiger partial charge on any atom is 0.573 e. The normalized spacial score (nSPS) is 11.8. The molecule has 10 heteroatoms. The first-order valence-electron chi connectivity index (χ1n) is 6.55. The molecule has 3 rings (SSSR count). The van der Waals surface area contributed by atoms with E-state index in [1.807, 2.05) is 6.92 Å². The van der Waals surface area contributed by atoms with E-state index in [9.17, 15) is 18.0 Å². The van der Waals surface area contributed by atoms with E-state index in [1.54, 1.807) is 6.07 Å². The van der Waals surface area contributed by atoms with E-state index in [2.05, 4.69) is 14.7 Å². The number of rotatable bonds is 4. The number of aromatic amines is 1. The summed E-state index contributed by atoms with van der Waals surface area (Å²) in [4.78, 5) is 20.5. The number of carbonyl (C=O) groups excluding carboxylic acids is 1.